The predicted molar refractivity (Wildman–Crippen MR) is 70.8 cm³/mol. The van der Waals surface area contributed by atoms with Gasteiger partial charge in [-0.1, -0.05) is 31.8 Å². The first kappa shape index (κ1) is 16.5. The summed E-state index contributed by atoms with van der Waals surface area (Å²) in [5.41, 5.74) is 4.82. The van der Waals surface area contributed by atoms with Gasteiger partial charge in [0.15, 0.2) is 6.73 Å². The Bertz CT molecular complexity index is 255. The van der Waals surface area contributed by atoms with Gasteiger partial charge in [-0.25, -0.2) is 4.79 Å². The number of nitrogens with one attached hydrogen (secondary N) is 1. The van der Waals surface area contributed by atoms with Crippen molar-refractivity contribution < 1.29 is 14.3 Å². The van der Waals surface area contributed by atoms with Crippen molar-refractivity contribution in [1.29, 1.82) is 0 Å². The van der Waals surface area contributed by atoms with E-state index in [1.54, 1.807) is 0 Å². The van der Waals surface area contributed by atoms with E-state index in [-0.39, 0.29) is 12.7 Å². The van der Waals surface area contributed by atoms with Crippen LogP contribution in [0.25, 0.3) is 0 Å². The van der Waals surface area contributed by atoms with Crippen LogP contribution in [0, 0.1) is 0 Å². The highest BCUT2D eigenvalue weighted by atomic mass is 16.5. The first-order valence-electron chi connectivity index (χ1n) is 6.46. The number of carbonyl (C=O) groups is 2. The van der Waals surface area contributed by atoms with E-state index in [1.165, 1.54) is 19.3 Å². The van der Waals surface area contributed by atoms with Crippen molar-refractivity contribution in [1.82, 2.24) is 5.32 Å². The number of nitrogens with two attached hydrogens (primary N) is 1. The predicted octanol–water partition coefficient (Wildman–Crippen LogP) is 2.46. The van der Waals surface area contributed by atoms with Gasteiger partial charge in [-0.05, 0) is 19.3 Å². The van der Waals surface area contributed by atoms with Gasteiger partial charge in [0.1, 0.15) is 0 Å². The minimum atomic E-state index is -0.692. The molecule has 0 aliphatic rings. The molecule has 0 spiro atoms. The van der Waals surface area contributed by atoms with Gasteiger partial charge in [0.25, 0.3) is 0 Å². The Morgan fingerprint density at radius 3 is 2.33 bits per heavy atom. The molecular formula is C13H24N2O3. The van der Waals surface area contributed by atoms with Crippen molar-refractivity contribution in [3.63, 3.8) is 0 Å². The Labute approximate surface area is 109 Å². The molecule has 104 valence electrons. The fourth-order valence-corrected chi connectivity index (χ4v) is 1.52. The summed E-state index contributed by atoms with van der Waals surface area (Å²) in [7, 11) is 0. The first-order chi connectivity index (χ1) is 8.66. The molecule has 0 atom stereocenters. The van der Waals surface area contributed by atoms with Gasteiger partial charge >= 0.3 is 12.0 Å². The van der Waals surface area contributed by atoms with Crippen molar-refractivity contribution in [2.45, 2.75) is 51.4 Å². The number of hydrogen-bond acceptors (Lipinski definition) is 3. The Kier molecular flexibility index (Phi) is 10.9. The van der Waals surface area contributed by atoms with Crippen molar-refractivity contribution in [2.75, 3.05) is 6.73 Å². The fraction of sp³-hybridized carbons (Fsp3) is 0.692. The summed E-state index contributed by atoms with van der Waals surface area (Å²) < 4.78 is 4.75. The van der Waals surface area contributed by atoms with E-state index in [0.29, 0.717) is 6.42 Å². The number of urea groups is 1. The first-order valence-corrected chi connectivity index (χ1v) is 6.46. The number of amides is 2. The van der Waals surface area contributed by atoms with E-state index in [1.807, 2.05) is 6.08 Å². The zero-order valence-electron chi connectivity index (χ0n) is 11.0. The van der Waals surface area contributed by atoms with Gasteiger partial charge in [-0.2, -0.15) is 0 Å². The number of allylic oxidation sites excluding steroid dienone is 1. The molecule has 3 N–H and O–H groups in total. The van der Waals surface area contributed by atoms with Crippen molar-refractivity contribution in [2.24, 2.45) is 5.73 Å². The van der Waals surface area contributed by atoms with Gasteiger partial charge in [0.2, 0.25) is 0 Å². The molecule has 5 nitrogen and oxygen atoms in total. The average Bonchev–Trinajstić information content (AvgIpc) is 2.32. The molecule has 0 saturated carbocycles. The molecule has 0 radical (unpaired) electrons. The highest BCUT2D eigenvalue weighted by Crippen LogP contribution is 2.09. The molecule has 0 unspecified atom stereocenters. The van der Waals surface area contributed by atoms with Gasteiger partial charge in [-0.3, -0.25) is 4.79 Å². The van der Waals surface area contributed by atoms with E-state index in [0.717, 1.165) is 25.7 Å². The number of hydrogen-bond donors (Lipinski definition) is 2. The Morgan fingerprint density at radius 1 is 1.11 bits per heavy atom. The lowest BCUT2D eigenvalue weighted by Gasteiger charge is -2.04. The largest absolute Gasteiger partial charge is 0.444 e. The van der Waals surface area contributed by atoms with Gasteiger partial charge in [-0.15, -0.1) is 6.58 Å². The summed E-state index contributed by atoms with van der Waals surface area (Å²) in [5, 5.41) is 2.19. The van der Waals surface area contributed by atoms with Crippen LogP contribution in [0.15, 0.2) is 12.7 Å². The monoisotopic (exact) mass is 256 g/mol. The molecular weight excluding hydrogens is 232 g/mol. The Balaban J connectivity index is 3.20. The lowest BCUT2D eigenvalue weighted by atomic mass is 10.1. The zero-order chi connectivity index (χ0) is 13.6. The standard InChI is InChI=1S/C13H24N2O3/c1-2-3-4-5-6-7-8-9-10-12(16)18-11-15-13(14)17/h2H,1,3-11H2,(H3,14,15,17). The summed E-state index contributed by atoms with van der Waals surface area (Å²) in [6, 6.07) is -0.692. The van der Waals surface area contributed by atoms with E-state index in [9.17, 15) is 9.59 Å². The normalized spacial score (nSPS) is 9.78. The minimum Gasteiger partial charge on any atom is -0.444 e. The number of ether oxygens (including phenoxy) is 1. The van der Waals surface area contributed by atoms with Crippen LogP contribution in [-0.4, -0.2) is 18.7 Å². The summed E-state index contributed by atoms with van der Waals surface area (Å²) in [5.74, 6) is -0.296. The molecule has 0 aromatic carbocycles. The van der Waals surface area contributed by atoms with Crippen LogP contribution in [0.1, 0.15) is 51.4 Å². The third kappa shape index (κ3) is 12.5. The molecule has 0 aromatic heterocycles. The van der Waals surface area contributed by atoms with Crippen LogP contribution in [0.4, 0.5) is 4.79 Å². The lowest BCUT2D eigenvalue weighted by Crippen LogP contribution is -2.32. The molecule has 0 aliphatic heterocycles. The third-order valence-corrected chi connectivity index (χ3v) is 2.52. The molecule has 0 heterocycles. The molecule has 0 saturated heterocycles. The topological polar surface area (TPSA) is 81.4 Å². The molecule has 0 fully saturated rings. The van der Waals surface area contributed by atoms with E-state index < -0.39 is 6.03 Å². The van der Waals surface area contributed by atoms with Crippen molar-refractivity contribution >= 4 is 12.0 Å². The molecule has 0 rings (SSSR count). The second-order valence-corrected chi connectivity index (χ2v) is 4.15. The van der Waals surface area contributed by atoms with Crippen LogP contribution in [-0.2, 0) is 9.53 Å². The number of rotatable bonds is 11. The van der Waals surface area contributed by atoms with E-state index >= 15 is 0 Å². The Morgan fingerprint density at radius 2 is 1.72 bits per heavy atom. The molecule has 0 aromatic rings. The van der Waals surface area contributed by atoms with Crippen LogP contribution < -0.4 is 11.1 Å². The molecule has 18 heavy (non-hydrogen) atoms. The minimum absolute atomic E-state index is 0.143. The SMILES string of the molecule is C=CCCCCCCCCC(=O)OCNC(N)=O. The number of carbonyl (C=O) groups excluding carboxylic acids is 2. The highest BCUT2D eigenvalue weighted by molar-refractivity contribution is 5.72. The maximum absolute atomic E-state index is 11.2. The zero-order valence-corrected chi connectivity index (χ0v) is 11.0. The molecule has 2 amide bonds. The number of primary amides is 1. The molecule has 0 bridgehead atoms. The van der Waals surface area contributed by atoms with Crippen LogP contribution in [0.2, 0.25) is 0 Å². The lowest BCUT2D eigenvalue weighted by molar-refractivity contribution is -0.144. The maximum atomic E-state index is 11.2. The van der Waals surface area contributed by atoms with E-state index in [2.05, 4.69) is 11.9 Å². The maximum Gasteiger partial charge on any atom is 0.314 e. The van der Waals surface area contributed by atoms with Gasteiger partial charge in [0.05, 0.1) is 0 Å². The van der Waals surface area contributed by atoms with Crippen LogP contribution in [0.5, 0.6) is 0 Å². The van der Waals surface area contributed by atoms with Gasteiger partial charge < -0.3 is 15.8 Å². The van der Waals surface area contributed by atoms with Gasteiger partial charge in [0, 0.05) is 6.42 Å². The third-order valence-electron chi connectivity index (χ3n) is 2.52. The average molecular weight is 256 g/mol. The number of esters is 1. The second kappa shape index (κ2) is 12.0. The van der Waals surface area contributed by atoms with Crippen LogP contribution >= 0.6 is 0 Å². The summed E-state index contributed by atoms with van der Waals surface area (Å²) in [4.78, 5) is 21.5. The second-order valence-electron chi connectivity index (χ2n) is 4.15. The fourth-order valence-electron chi connectivity index (χ4n) is 1.52. The quantitative estimate of drug-likeness (QED) is 0.258. The van der Waals surface area contributed by atoms with Crippen LogP contribution in [0.3, 0.4) is 0 Å². The van der Waals surface area contributed by atoms with Crippen molar-refractivity contribution in [3.8, 4) is 0 Å². The van der Waals surface area contributed by atoms with Crippen molar-refractivity contribution in [3.05, 3.63) is 12.7 Å². The smallest absolute Gasteiger partial charge is 0.314 e. The summed E-state index contributed by atoms with van der Waals surface area (Å²) in [6.07, 6.45) is 10.0. The molecule has 0 aliphatic carbocycles. The highest BCUT2D eigenvalue weighted by Gasteiger charge is 2.02. The summed E-state index contributed by atoms with van der Waals surface area (Å²) in [6.45, 7) is 3.53. The summed E-state index contributed by atoms with van der Waals surface area (Å²) >= 11 is 0. The molecule has 5 heteroatoms. The Hall–Kier alpha value is -1.52. The van der Waals surface area contributed by atoms with E-state index in [4.69, 9.17) is 10.5 Å². The number of unbranched alkanes of at least 4 members (excludes halogenated alkanes) is 6.